The fraction of sp³-hybridized carbons (Fsp3) is 0.353. The summed E-state index contributed by atoms with van der Waals surface area (Å²) in [5.41, 5.74) is 7.73. The van der Waals surface area contributed by atoms with Crippen molar-refractivity contribution >= 4 is 0 Å². The SMILES string of the molecule is COc1ccc(-n2c(C(C)C)ccc(CN)c2=O)c(OC)c1. The fourth-order valence-corrected chi connectivity index (χ4v) is 2.42. The topological polar surface area (TPSA) is 66.5 Å². The van der Waals surface area contributed by atoms with Gasteiger partial charge >= 0.3 is 0 Å². The molecule has 2 aromatic rings. The quantitative estimate of drug-likeness (QED) is 0.921. The molecule has 5 nitrogen and oxygen atoms in total. The summed E-state index contributed by atoms with van der Waals surface area (Å²) in [6.45, 7) is 4.29. The van der Waals surface area contributed by atoms with Crippen LogP contribution in [0.5, 0.6) is 11.5 Å². The van der Waals surface area contributed by atoms with Crippen molar-refractivity contribution in [3.05, 3.63) is 51.9 Å². The lowest BCUT2D eigenvalue weighted by Gasteiger charge is -2.19. The molecule has 0 fully saturated rings. The average molecular weight is 302 g/mol. The van der Waals surface area contributed by atoms with Crippen LogP contribution in [-0.2, 0) is 6.54 Å². The molecular formula is C17H22N2O3. The minimum atomic E-state index is -0.114. The Morgan fingerprint density at radius 1 is 1.14 bits per heavy atom. The molecule has 0 spiro atoms. The second-order valence-corrected chi connectivity index (χ2v) is 5.32. The summed E-state index contributed by atoms with van der Waals surface area (Å²) in [5.74, 6) is 1.44. The van der Waals surface area contributed by atoms with E-state index in [9.17, 15) is 4.79 Å². The fourth-order valence-electron chi connectivity index (χ4n) is 2.42. The molecule has 0 bridgehead atoms. The van der Waals surface area contributed by atoms with Crippen molar-refractivity contribution in [1.82, 2.24) is 4.57 Å². The number of methoxy groups -OCH3 is 2. The van der Waals surface area contributed by atoms with E-state index in [0.717, 1.165) is 5.69 Å². The molecule has 1 aromatic heterocycles. The van der Waals surface area contributed by atoms with Crippen LogP contribution in [0.25, 0.3) is 5.69 Å². The van der Waals surface area contributed by atoms with E-state index < -0.39 is 0 Å². The third-order valence-corrected chi connectivity index (χ3v) is 3.63. The minimum absolute atomic E-state index is 0.114. The van der Waals surface area contributed by atoms with Gasteiger partial charge in [0.2, 0.25) is 0 Å². The number of rotatable bonds is 5. The Kier molecular flexibility index (Phi) is 4.88. The van der Waals surface area contributed by atoms with Crippen molar-refractivity contribution in [1.29, 1.82) is 0 Å². The summed E-state index contributed by atoms with van der Waals surface area (Å²) in [6.07, 6.45) is 0. The standard InChI is InChI=1S/C17H22N2O3/c1-11(2)14-7-5-12(10-18)17(20)19(14)15-8-6-13(21-3)9-16(15)22-4/h5-9,11H,10,18H2,1-4H3. The zero-order chi connectivity index (χ0) is 16.3. The Morgan fingerprint density at radius 3 is 2.41 bits per heavy atom. The number of hydrogen-bond acceptors (Lipinski definition) is 4. The van der Waals surface area contributed by atoms with Gasteiger partial charge in [-0.2, -0.15) is 0 Å². The Labute approximate surface area is 130 Å². The highest BCUT2D eigenvalue weighted by molar-refractivity contribution is 5.52. The summed E-state index contributed by atoms with van der Waals surface area (Å²) in [6, 6.07) is 9.14. The first-order chi connectivity index (χ1) is 10.5. The highest BCUT2D eigenvalue weighted by Gasteiger charge is 2.16. The molecule has 118 valence electrons. The normalized spacial score (nSPS) is 10.8. The van der Waals surface area contributed by atoms with Gasteiger partial charge in [0.25, 0.3) is 5.56 Å². The molecule has 0 atom stereocenters. The minimum Gasteiger partial charge on any atom is -0.497 e. The molecule has 1 aromatic carbocycles. The van der Waals surface area contributed by atoms with E-state index in [1.54, 1.807) is 30.9 Å². The van der Waals surface area contributed by atoms with Gasteiger partial charge in [-0.25, -0.2) is 0 Å². The number of hydrogen-bond donors (Lipinski definition) is 1. The van der Waals surface area contributed by atoms with Gasteiger partial charge in [-0.1, -0.05) is 19.9 Å². The number of nitrogens with zero attached hydrogens (tertiary/aromatic N) is 1. The van der Waals surface area contributed by atoms with Crippen LogP contribution in [0.3, 0.4) is 0 Å². The predicted molar refractivity (Wildman–Crippen MR) is 87.1 cm³/mol. The molecule has 0 aliphatic rings. The molecule has 0 amide bonds. The second-order valence-electron chi connectivity index (χ2n) is 5.32. The first-order valence-electron chi connectivity index (χ1n) is 7.20. The zero-order valence-corrected chi connectivity index (χ0v) is 13.4. The van der Waals surface area contributed by atoms with Crippen molar-refractivity contribution < 1.29 is 9.47 Å². The van der Waals surface area contributed by atoms with E-state index in [1.165, 1.54) is 0 Å². The zero-order valence-electron chi connectivity index (χ0n) is 13.4. The summed E-state index contributed by atoms with van der Waals surface area (Å²) < 4.78 is 12.3. The number of ether oxygens (including phenoxy) is 2. The van der Waals surface area contributed by atoms with E-state index in [0.29, 0.717) is 22.7 Å². The van der Waals surface area contributed by atoms with E-state index in [4.69, 9.17) is 15.2 Å². The maximum Gasteiger partial charge on any atom is 0.259 e. The molecule has 5 heteroatoms. The molecule has 0 saturated carbocycles. The number of pyridine rings is 1. The van der Waals surface area contributed by atoms with Crippen LogP contribution in [0.15, 0.2) is 35.1 Å². The first kappa shape index (κ1) is 16.1. The van der Waals surface area contributed by atoms with Gasteiger partial charge < -0.3 is 15.2 Å². The van der Waals surface area contributed by atoms with Crippen molar-refractivity contribution in [3.8, 4) is 17.2 Å². The van der Waals surface area contributed by atoms with Crippen LogP contribution >= 0.6 is 0 Å². The number of nitrogens with two attached hydrogens (primary N) is 1. The van der Waals surface area contributed by atoms with Crippen molar-refractivity contribution in [2.24, 2.45) is 5.73 Å². The predicted octanol–water partition coefficient (Wildman–Crippen LogP) is 2.44. The van der Waals surface area contributed by atoms with Crippen molar-refractivity contribution in [2.45, 2.75) is 26.3 Å². The number of benzene rings is 1. The molecule has 22 heavy (non-hydrogen) atoms. The van der Waals surface area contributed by atoms with Crippen LogP contribution in [0.1, 0.15) is 31.0 Å². The van der Waals surface area contributed by atoms with Gasteiger partial charge in [-0.3, -0.25) is 9.36 Å². The maximum atomic E-state index is 12.7. The van der Waals surface area contributed by atoms with Gasteiger partial charge in [0, 0.05) is 23.9 Å². The highest BCUT2D eigenvalue weighted by Crippen LogP contribution is 2.29. The summed E-state index contributed by atoms with van der Waals surface area (Å²) in [5, 5.41) is 0. The molecule has 0 radical (unpaired) electrons. The molecule has 0 saturated heterocycles. The Hall–Kier alpha value is -2.27. The van der Waals surface area contributed by atoms with Gasteiger partial charge in [0.15, 0.2) is 0 Å². The van der Waals surface area contributed by atoms with Crippen LogP contribution in [0.2, 0.25) is 0 Å². The Balaban J connectivity index is 2.78. The maximum absolute atomic E-state index is 12.7. The van der Waals surface area contributed by atoms with Crippen LogP contribution < -0.4 is 20.8 Å². The Bertz CT molecular complexity index is 720. The third kappa shape index (κ3) is 2.85. The molecule has 2 N–H and O–H groups in total. The summed E-state index contributed by atoms with van der Waals surface area (Å²) in [7, 11) is 3.17. The van der Waals surface area contributed by atoms with Crippen LogP contribution in [0, 0.1) is 0 Å². The van der Waals surface area contributed by atoms with Gasteiger partial charge in [-0.15, -0.1) is 0 Å². The summed E-state index contributed by atoms with van der Waals surface area (Å²) in [4.78, 5) is 12.7. The van der Waals surface area contributed by atoms with Gasteiger partial charge in [-0.05, 0) is 24.1 Å². The van der Waals surface area contributed by atoms with Crippen molar-refractivity contribution in [2.75, 3.05) is 14.2 Å². The van der Waals surface area contributed by atoms with Gasteiger partial charge in [0.05, 0.1) is 19.9 Å². The van der Waals surface area contributed by atoms with Gasteiger partial charge in [0.1, 0.15) is 11.5 Å². The molecular weight excluding hydrogens is 280 g/mol. The lowest BCUT2D eigenvalue weighted by atomic mass is 10.1. The molecule has 2 rings (SSSR count). The first-order valence-corrected chi connectivity index (χ1v) is 7.20. The van der Waals surface area contributed by atoms with E-state index in [1.807, 2.05) is 32.0 Å². The highest BCUT2D eigenvalue weighted by atomic mass is 16.5. The largest absolute Gasteiger partial charge is 0.497 e. The second kappa shape index (κ2) is 6.66. The van der Waals surface area contributed by atoms with Crippen LogP contribution in [0.4, 0.5) is 0 Å². The third-order valence-electron chi connectivity index (χ3n) is 3.63. The number of aromatic nitrogens is 1. The molecule has 0 unspecified atom stereocenters. The average Bonchev–Trinajstić information content (AvgIpc) is 2.53. The van der Waals surface area contributed by atoms with E-state index >= 15 is 0 Å². The molecule has 1 heterocycles. The Morgan fingerprint density at radius 2 is 1.86 bits per heavy atom. The smallest absolute Gasteiger partial charge is 0.259 e. The lowest BCUT2D eigenvalue weighted by Crippen LogP contribution is -2.27. The lowest BCUT2D eigenvalue weighted by molar-refractivity contribution is 0.392. The van der Waals surface area contributed by atoms with Crippen LogP contribution in [-0.4, -0.2) is 18.8 Å². The van der Waals surface area contributed by atoms with E-state index in [-0.39, 0.29) is 18.0 Å². The molecule has 0 aliphatic carbocycles. The van der Waals surface area contributed by atoms with Crippen molar-refractivity contribution in [3.63, 3.8) is 0 Å². The summed E-state index contributed by atoms with van der Waals surface area (Å²) >= 11 is 0. The monoisotopic (exact) mass is 302 g/mol. The van der Waals surface area contributed by atoms with E-state index in [2.05, 4.69) is 0 Å². The molecule has 0 aliphatic heterocycles.